The van der Waals surface area contributed by atoms with Crippen molar-refractivity contribution in [3.05, 3.63) is 59.7 Å². The lowest BCUT2D eigenvalue weighted by molar-refractivity contribution is -0.119. The summed E-state index contributed by atoms with van der Waals surface area (Å²) in [5.74, 6) is -4.62. The molecule has 7 heteroatoms. The first-order valence-corrected chi connectivity index (χ1v) is 6.11. The molecule has 4 nitrogen and oxygen atoms in total. The molecule has 0 saturated carbocycles. The fraction of sp³-hybridized carbons (Fsp3) is 0.143. The van der Waals surface area contributed by atoms with Crippen molar-refractivity contribution in [3.8, 4) is 0 Å². The molecule has 1 aromatic heterocycles. The summed E-state index contributed by atoms with van der Waals surface area (Å²) in [7, 11) is 0. The van der Waals surface area contributed by atoms with E-state index in [2.05, 4.69) is 15.6 Å². The van der Waals surface area contributed by atoms with Gasteiger partial charge in [0, 0.05) is 18.9 Å². The highest BCUT2D eigenvalue weighted by Crippen LogP contribution is 2.19. The molecule has 110 valence electrons. The summed E-state index contributed by atoms with van der Waals surface area (Å²) >= 11 is 0. The van der Waals surface area contributed by atoms with Crippen molar-refractivity contribution in [1.29, 1.82) is 0 Å². The van der Waals surface area contributed by atoms with E-state index in [1.54, 1.807) is 24.5 Å². The average Bonchev–Trinajstić information content (AvgIpc) is 2.51. The van der Waals surface area contributed by atoms with Crippen LogP contribution in [-0.4, -0.2) is 17.4 Å². The van der Waals surface area contributed by atoms with Crippen LogP contribution in [0.25, 0.3) is 0 Å². The zero-order chi connectivity index (χ0) is 15.2. The van der Waals surface area contributed by atoms with Gasteiger partial charge in [-0.3, -0.25) is 9.78 Å². The zero-order valence-electron chi connectivity index (χ0n) is 10.9. The largest absolute Gasteiger partial charge is 0.374 e. The number of carbonyl (C=O) groups is 1. The molecule has 0 unspecified atom stereocenters. The molecule has 0 radical (unpaired) electrons. The second kappa shape index (κ2) is 6.74. The Morgan fingerprint density at radius 1 is 1.14 bits per heavy atom. The van der Waals surface area contributed by atoms with E-state index in [-0.39, 0.29) is 18.8 Å². The van der Waals surface area contributed by atoms with E-state index in [9.17, 15) is 18.0 Å². The normalized spacial score (nSPS) is 10.2. The molecule has 0 aliphatic heterocycles. The maximum Gasteiger partial charge on any atom is 0.239 e. The minimum absolute atomic E-state index is 0.262. The van der Waals surface area contributed by atoms with Gasteiger partial charge in [-0.2, -0.15) is 0 Å². The third-order valence-corrected chi connectivity index (χ3v) is 2.69. The van der Waals surface area contributed by atoms with Gasteiger partial charge >= 0.3 is 0 Å². The van der Waals surface area contributed by atoms with Crippen molar-refractivity contribution in [2.24, 2.45) is 0 Å². The number of halogens is 3. The molecule has 1 heterocycles. The standard InChI is InChI=1S/C14H12F3N3O/c15-10-3-4-11(14(17)13(10)16)19-8-12(21)20-7-9-2-1-5-18-6-9/h1-6,19H,7-8H2,(H,20,21). The summed E-state index contributed by atoms with van der Waals surface area (Å²) in [6, 6.07) is 5.34. The van der Waals surface area contributed by atoms with E-state index in [1.807, 2.05) is 0 Å². The van der Waals surface area contributed by atoms with Gasteiger partial charge in [0.05, 0.1) is 12.2 Å². The van der Waals surface area contributed by atoms with Crippen molar-refractivity contribution >= 4 is 11.6 Å². The Balaban J connectivity index is 1.86. The Bertz CT molecular complexity index is 635. The van der Waals surface area contributed by atoms with E-state index in [1.165, 1.54) is 0 Å². The second-order valence-corrected chi connectivity index (χ2v) is 4.21. The highest BCUT2D eigenvalue weighted by molar-refractivity contribution is 5.80. The van der Waals surface area contributed by atoms with Crippen LogP contribution in [0.5, 0.6) is 0 Å². The first kappa shape index (κ1) is 14.8. The van der Waals surface area contributed by atoms with E-state index in [0.29, 0.717) is 0 Å². The molecular weight excluding hydrogens is 283 g/mol. The summed E-state index contributed by atoms with van der Waals surface area (Å²) in [5, 5.41) is 4.99. The molecule has 1 amide bonds. The number of amides is 1. The van der Waals surface area contributed by atoms with Gasteiger partial charge in [0.1, 0.15) is 0 Å². The van der Waals surface area contributed by atoms with Gasteiger partial charge in [0.2, 0.25) is 5.91 Å². The number of aromatic nitrogens is 1. The van der Waals surface area contributed by atoms with Crippen LogP contribution in [0, 0.1) is 17.5 Å². The maximum absolute atomic E-state index is 13.3. The van der Waals surface area contributed by atoms with Gasteiger partial charge in [0.15, 0.2) is 17.5 Å². The number of carbonyl (C=O) groups excluding carboxylic acids is 1. The highest BCUT2D eigenvalue weighted by Gasteiger charge is 2.13. The Morgan fingerprint density at radius 3 is 2.67 bits per heavy atom. The van der Waals surface area contributed by atoms with Gasteiger partial charge < -0.3 is 10.6 Å². The van der Waals surface area contributed by atoms with Gasteiger partial charge in [-0.15, -0.1) is 0 Å². The number of hydrogen-bond acceptors (Lipinski definition) is 3. The lowest BCUT2D eigenvalue weighted by atomic mass is 10.2. The third kappa shape index (κ3) is 3.95. The van der Waals surface area contributed by atoms with E-state index < -0.39 is 23.4 Å². The van der Waals surface area contributed by atoms with E-state index >= 15 is 0 Å². The van der Waals surface area contributed by atoms with Crippen molar-refractivity contribution in [2.75, 3.05) is 11.9 Å². The Morgan fingerprint density at radius 2 is 1.95 bits per heavy atom. The van der Waals surface area contributed by atoms with Crippen LogP contribution in [-0.2, 0) is 11.3 Å². The Hall–Kier alpha value is -2.57. The molecule has 0 aliphatic rings. The highest BCUT2D eigenvalue weighted by atomic mass is 19.2. The predicted molar refractivity (Wildman–Crippen MR) is 70.9 cm³/mol. The minimum Gasteiger partial charge on any atom is -0.374 e. The quantitative estimate of drug-likeness (QED) is 0.832. The lowest BCUT2D eigenvalue weighted by Crippen LogP contribution is -2.29. The van der Waals surface area contributed by atoms with Crippen LogP contribution in [0.3, 0.4) is 0 Å². The average molecular weight is 295 g/mol. The molecule has 2 N–H and O–H groups in total. The number of rotatable bonds is 5. The van der Waals surface area contributed by atoms with Gasteiger partial charge in [0.25, 0.3) is 0 Å². The Labute approximate surface area is 119 Å². The molecule has 0 bridgehead atoms. The topological polar surface area (TPSA) is 54.0 Å². The van der Waals surface area contributed by atoms with Crippen LogP contribution >= 0.6 is 0 Å². The van der Waals surface area contributed by atoms with Crippen molar-refractivity contribution in [1.82, 2.24) is 10.3 Å². The molecule has 21 heavy (non-hydrogen) atoms. The number of hydrogen-bond donors (Lipinski definition) is 2. The molecule has 0 fully saturated rings. The monoisotopic (exact) mass is 295 g/mol. The molecular formula is C14H12F3N3O. The smallest absolute Gasteiger partial charge is 0.239 e. The summed E-state index contributed by atoms with van der Waals surface area (Å²) in [5.41, 5.74) is 0.537. The van der Waals surface area contributed by atoms with Gasteiger partial charge in [-0.05, 0) is 23.8 Å². The molecule has 0 atom stereocenters. The van der Waals surface area contributed by atoms with Crippen LogP contribution in [0.15, 0.2) is 36.7 Å². The number of anilines is 1. The predicted octanol–water partition coefficient (Wildman–Crippen LogP) is 2.23. The number of nitrogens with zero attached hydrogens (tertiary/aromatic N) is 1. The molecule has 1 aromatic carbocycles. The number of nitrogens with one attached hydrogen (secondary N) is 2. The van der Waals surface area contributed by atoms with Gasteiger partial charge in [-0.1, -0.05) is 6.07 Å². The SMILES string of the molecule is O=C(CNc1ccc(F)c(F)c1F)NCc1cccnc1. The van der Waals surface area contributed by atoms with Crippen LogP contribution in [0.1, 0.15) is 5.56 Å². The first-order chi connectivity index (χ1) is 10.1. The fourth-order valence-corrected chi connectivity index (χ4v) is 1.60. The molecule has 0 saturated heterocycles. The van der Waals surface area contributed by atoms with Crippen LogP contribution in [0.4, 0.5) is 18.9 Å². The zero-order valence-corrected chi connectivity index (χ0v) is 10.9. The number of pyridine rings is 1. The van der Waals surface area contributed by atoms with Crippen molar-refractivity contribution < 1.29 is 18.0 Å². The Kier molecular flexibility index (Phi) is 4.76. The third-order valence-electron chi connectivity index (χ3n) is 2.69. The molecule has 2 aromatic rings. The van der Waals surface area contributed by atoms with Crippen LogP contribution < -0.4 is 10.6 Å². The summed E-state index contributed by atoms with van der Waals surface area (Å²) < 4.78 is 39.1. The minimum atomic E-state index is -1.57. The van der Waals surface area contributed by atoms with E-state index in [4.69, 9.17) is 0 Å². The second-order valence-electron chi connectivity index (χ2n) is 4.21. The summed E-state index contributed by atoms with van der Waals surface area (Å²) in [4.78, 5) is 15.5. The molecule has 0 spiro atoms. The lowest BCUT2D eigenvalue weighted by Gasteiger charge is -2.09. The molecule has 2 rings (SSSR count). The van der Waals surface area contributed by atoms with Crippen molar-refractivity contribution in [2.45, 2.75) is 6.54 Å². The van der Waals surface area contributed by atoms with E-state index in [0.717, 1.165) is 17.7 Å². The summed E-state index contributed by atoms with van der Waals surface area (Å²) in [6.45, 7) is 0.0108. The summed E-state index contributed by atoms with van der Waals surface area (Å²) in [6.07, 6.45) is 3.21. The fourth-order valence-electron chi connectivity index (χ4n) is 1.60. The maximum atomic E-state index is 13.3. The van der Waals surface area contributed by atoms with Crippen molar-refractivity contribution in [3.63, 3.8) is 0 Å². The van der Waals surface area contributed by atoms with Gasteiger partial charge in [-0.25, -0.2) is 13.2 Å². The van der Waals surface area contributed by atoms with Crippen LogP contribution in [0.2, 0.25) is 0 Å². The first-order valence-electron chi connectivity index (χ1n) is 6.11. The number of benzene rings is 1. The molecule has 0 aliphatic carbocycles.